The highest BCUT2D eigenvalue weighted by Crippen LogP contribution is 2.49. The molecule has 0 atom stereocenters. The minimum atomic E-state index is -0.423. The van der Waals surface area contributed by atoms with Gasteiger partial charge in [0.15, 0.2) is 0 Å². The number of nitro groups is 1. The van der Waals surface area contributed by atoms with E-state index in [1.54, 1.807) is 18.2 Å². The number of benzene rings is 1. The van der Waals surface area contributed by atoms with Gasteiger partial charge in [0, 0.05) is 22.9 Å². The maximum absolute atomic E-state index is 12.2. The Morgan fingerprint density at radius 2 is 2.29 bits per heavy atom. The fourth-order valence-corrected chi connectivity index (χ4v) is 2.91. The van der Waals surface area contributed by atoms with E-state index in [0.717, 1.165) is 19.3 Å². The predicted octanol–water partition coefficient (Wildman–Crippen LogP) is 4.00. The molecule has 0 spiro atoms. The Hall–Kier alpha value is -1.82. The molecule has 5 nitrogen and oxygen atoms in total. The molecule has 1 saturated carbocycles. The summed E-state index contributed by atoms with van der Waals surface area (Å²) >= 11 is 1.35. The summed E-state index contributed by atoms with van der Waals surface area (Å²) in [5.41, 5.74) is 0.237. The van der Waals surface area contributed by atoms with Crippen LogP contribution in [0.3, 0.4) is 0 Å². The number of amides is 1. The molecule has 0 heterocycles. The summed E-state index contributed by atoms with van der Waals surface area (Å²) in [6, 6.07) is 4.81. The van der Waals surface area contributed by atoms with Crippen molar-refractivity contribution in [2.24, 2.45) is 5.41 Å². The van der Waals surface area contributed by atoms with Crippen LogP contribution in [0, 0.1) is 15.5 Å². The van der Waals surface area contributed by atoms with E-state index >= 15 is 0 Å². The lowest BCUT2D eigenvalue weighted by Crippen LogP contribution is -2.23. The summed E-state index contributed by atoms with van der Waals surface area (Å²) < 4.78 is 0. The molecule has 0 bridgehead atoms. The zero-order chi connectivity index (χ0) is 15.5. The van der Waals surface area contributed by atoms with E-state index in [4.69, 9.17) is 0 Å². The van der Waals surface area contributed by atoms with Gasteiger partial charge in [-0.25, -0.2) is 0 Å². The highest BCUT2D eigenvalue weighted by molar-refractivity contribution is 7.99. The minimum absolute atomic E-state index is 0.0148. The number of nitro benzene ring substituents is 1. The lowest BCUT2D eigenvalue weighted by atomic mass is 10.0. The second-order valence-electron chi connectivity index (χ2n) is 5.13. The first-order valence-corrected chi connectivity index (χ1v) is 7.84. The van der Waals surface area contributed by atoms with Crippen molar-refractivity contribution in [2.75, 3.05) is 11.1 Å². The van der Waals surface area contributed by atoms with E-state index in [-0.39, 0.29) is 17.0 Å². The number of carbonyl (C=O) groups excluding carboxylic acids is 1. The highest BCUT2D eigenvalue weighted by Gasteiger charge is 2.47. The summed E-state index contributed by atoms with van der Waals surface area (Å²) in [5.74, 6) is 0.566. The Kier molecular flexibility index (Phi) is 4.67. The molecule has 2 rings (SSSR count). The Morgan fingerprint density at radius 1 is 1.57 bits per heavy atom. The molecule has 6 heteroatoms. The van der Waals surface area contributed by atoms with Gasteiger partial charge in [-0.3, -0.25) is 14.9 Å². The van der Waals surface area contributed by atoms with Crippen LogP contribution in [-0.4, -0.2) is 16.6 Å². The Balaban J connectivity index is 2.17. The third-order valence-electron chi connectivity index (χ3n) is 3.78. The van der Waals surface area contributed by atoms with Crippen molar-refractivity contribution in [3.8, 4) is 0 Å². The van der Waals surface area contributed by atoms with Gasteiger partial charge in [-0.05, 0) is 31.4 Å². The average Bonchev–Trinajstić information content (AvgIpc) is 3.26. The maximum atomic E-state index is 12.2. The number of hydrogen-bond donors (Lipinski definition) is 1. The fourth-order valence-electron chi connectivity index (χ4n) is 2.16. The molecule has 1 fully saturated rings. The second kappa shape index (κ2) is 6.30. The van der Waals surface area contributed by atoms with E-state index in [1.807, 2.05) is 6.92 Å². The van der Waals surface area contributed by atoms with Crippen molar-refractivity contribution in [1.29, 1.82) is 0 Å². The summed E-state index contributed by atoms with van der Waals surface area (Å²) in [5, 5.41) is 13.9. The zero-order valence-corrected chi connectivity index (χ0v) is 12.7. The first kappa shape index (κ1) is 15.6. The van der Waals surface area contributed by atoms with Crippen LogP contribution in [0.5, 0.6) is 0 Å². The number of nitrogens with zero attached hydrogens (tertiary/aromatic N) is 1. The van der Waals surface area contributed by atoms with Gasteiger partial charge in [0.05, 0.1) is 9.82 Å². The normalized spacial score (nSPS) is 15.3. The maximum Gasteiger partial charge on any atom is 0.284 e. The zero-order valence-electron chi connectivity index (χ0n) is 11.9. The van der Waals surface area contributed by atoms with E-state index in [2.05, 4.69) is 11.9 Å². The van der Waals surface area contributed by atoms with Crippen LogP contribution >= 0.6 is 11.8 Å². The van der Waals surface area contributed by atoms with Crippen molar-refractivity contribution in [3.05, 3.63) is 41.0 Å². The molecule has 0 saturated heterocycles. The summed E-state index contributed by atoms with van der Waals surface area (Å²) in [6.07, 6.45) is 4.28. The van der Waals surface area contributed by atoms with Crippen molar-refractivity contribution < 1.29 is 9.72 Å². The highest BCUT2D eigenvalue weighted by atomic mass is 32.2. The lowest BCUT2D eigenvalue weighted by molar-refractivity contribution is -0.387. The van der Waals surface area contributed by atoms with Crippen molar-refractivity contribution in [1.82, 2.24) is 0 Å². The van der Waals surface area contributed by atoms with Crippen molar-refractivity contribution in [2.45, 2.75) is 31.1 Å². The summed E-state index contributed by atoms with van der Waals surface area (Å²) in [6.45, 7) is 5.59. The Morgan fingerprint density at radius 3 is 2.81 bits per heavy atom. The van der Waals surface area contributed by atoms with E-state index in [9.17, 15) is 14.9 Å². The largest absolute Gasteiger partial charge is 0.325 e. The van der Waals surface area contributed by atoms with Gasteiger partial charge < -0.3 is 5.32 Å². The van der Waals surface area contributed by atoms with E-state index in [1.165, 1.54) is 17.8 Å². The molecule has 21 heavy (non-hydrogen) atoms. The van der Waals surface area contributed by atoms with Crippen LogP contribution in [0.25, 0.3) is 0 Å². The molecule has 112 valence electrons. The minimum Gasteiger partial charge on any atom is -0.325 e. The monoisotopic (exact) mass is 306 g/mol. The predicted molar refractivity (Wildman–Crippen MR) is 84.6 cm³/mol. The van der Waals surface area contributed by atoms with Gasteiger partial charge in [0.25, 0.3) is 5.69 Å². The molecule has 1 amide bonds. The quantitative estimate of drug-likeness (QED) is 0.357. The molecule has 1 aromatic carbocycles. The van der Waals surface area contributed by atoms with Crippen LogP contribution in [0.4, 0.5) is 11.4 Å². The number of carbonyl (C=O) groups is 1. The van der Waals surface area contributed by atoms with Gasteiger partial charge in [-0.15, -0.1) is 18.3 Å². The van der Waals surface area contributed by atoms with Gasteiger partial charge in [0.2, 0.25) is 5.91 Å². The van der Waals surface area contributed by atoms with Gasteiger partial charge in [0.1, 0.15) is 0 Å². The number of rotatable bonds is 7. The SMILES string of the molecule is C=CCSc1ccc(NC(=O)C2(CC)CC2)cc1[N+](=O)[O-]. The van der Waals surface area contributed by atoms with Crippen LogP contribution in [0.2, 0.25) is 0 Å². The van der Waals surface area contributed by atoms with Crippen LogP contribution in [-0.2, 0) is 4.79 Å². The van der Waals surface area contributed by atoms with Gasteiger partial charge in [-0.1, -0.05) is 13.0 Å². The number of nitrogens with one attached hydrogen (secondary N) is 1. The molecule has 1 aliphatic carbocycles. The first-order chi connectivity index (χ1) is 10.0. The summed E-state index contributed by atoms with van der Waals surface area (Å²) in [4.78, 5) is 23.5. The molecular weight excluding hydrogens is 288 g/mol. The Bertz CT molecular complexity index is 582. The van der Waals surface area contributed by atoms with Gasteiger partial charge in [-0.2, -0.15) is 0 Å². The Labute approximate surface area is 128 Å². The average molecular weight is 306 g/mol. The third-order valence-corrected chi connectivity index (χ3v) is 4.84. The second-order valence-corrected chi connectivity index (χ2v) is 6.19. The van der Waals surface area contributed by atoms with Gasteiger partial charge >= 0.3 is 0 Å². The molecule has 0 unspecified atom stereocenters. The standard InChI is InChI=1S/C15H18N2O3S/c1-3-9-21-13-6-5-11(10-12(13)17(19)20)16-14(18)15(4-2)7-8-15/h3,5-6,10H,1,4,7-9H2,2H3,(H,16,18). The number of hydrogen-bond acceptors (Lipinski definition) is 4. The third kappa shape index (κ3) is 3.44. The fraction of sp³-hybridized carbons (Fsp3) is 0.400. The van der Waals surface area contributed by atoms with E-state index < -0.39 is 4.92 Å². The molecule has 1 aromatic rings. The number of thioether (sulfide) groups is 1. The molecule has 0 radical (unpaired) electrons. The topological polar surface area (TPSA) is 72.2 Å². The molecule has 0 aromatic heterocycles. The lowest BCUT2D eigenvalue weighted by Gasteiger charge is -2.13. The van der Waals surface area contributed by atoms with Crippen LogP contribution in [0.1, 0.15) is 26.2 Å². The smallest absolute Gasteiger partial charge is 0.284 e. The van der Waals surface area contributed by atoms with Crippen LogP contribution in [0.15, 0.2) is 35.7 Å². The van der Waals surface area contributed by atoms with Crippen molar-refractivity contribution in [3.63, 3.8) is 0 Å². The molecule has 0 aliphatic heterocycles. The number of anilines is 1. The first-order valence-electron chi connectivity index (χ1n) is 6.86. The molecular formula is C15H18N2O3S. The van der Waals surface area contributed by atoms with E-state index in [0.29, 0.717) is 16.3 Å². The molecule has 1 N–H and O–H groups in total. The van der Waals surface area contributed by atoms with Crippen LogP contribution < -0.4 is 5.32 Å². The molecule has 1 aliphatic rings. The summed E-state index contributed by atoms with van der Waals surface area (Å²) in [7, 11) is 0. The van der Waals surface area contributed by atoms with Crippen molar-refractivity contribution >= 4 is 29.0 Å².